The molecule has 0 aliphatic carbocycles. The van der Waals surface area contributed by atoms with E-state index in [1.165, 1.54) is 24.3 Å². The Kier molecular flexibility index (Phi) is 11.9. The molecule has 15 atom stereocenters. The largest absolute Gasteiger partial charge is 0.508 e. The first-order valence-electron chi connectivity index (χ1n) is 16.5. The highest BCUT2D eigenvalue weighted by Crippen LogP contribution is 2.38. The molecule has 4 heterocycles. The summed E-state index contributed by atoms with van der Waals surface area (Å²) in [6.07, 6.45) is -25.9. The summed E-state index contributed by atoms with van der Waals surface area (Å²) in [4.78, 5) is 13.9. The van der Waals surface area contributed by atoms with E-state index >= 15 is 0 Å². The Bertz CT molecular complexity index is 1800. The number of phenols is 2. The second-order valence-electron chi connectivity index (χ2n) is 12.9. The molecule has 3 aliphatic heterocycles. The maximum atomic E-state index is 13.9. The van der Waals surface area contributed by atoms with Crippen molar-refractivity contribution in [3.63, 3.8) is 0 Å². The zero-order chi connectivity index (χ0) is 39.2. The summed E-state index contributed by atoms with van der Waals surface area (Å²) in [6.45, 7) is -2.19. The number of fused-ring (bicyclic) bond motifs is 1. The van der Waals surface area contributed by atoms with E-state index in [9.17, 15) is 71.2 Å². The molecule has 54 heavy (non-hydrogen) atoms. The van der Waals surface area contributed by atoms with Crippen LogP contribution in [0.15, 0.2) is 45.6 Å². The van der Waals surface area contributed by atoms with Crippen molar-refractivity contribution in [1.82, 2.24) is 0 Å². The van der Waals surface area contributed by atoms with Crippen molar-refractivity contribution in [1.29, 1.82) is 0 Å². The molecule has 3 aliphatic rings. The fourth-order valence-corrected chi connectivity index (χ4v) is 6.20. The molecule has 298 valence electrons. The smallest absolute Gasteiger partial charge is 0.239 e. The lowest BCUT2D eigenvalue weighted by Gasteiger charge is -2.42. The molecule has 3 aromatic rings. The van der Waals surface area contributed by atoms with Gasteiger partial charge < -0.3 is 99.2 Å². The zero-order valence-electron chi connectivity index (χ0n) is 27.8. The number of benzene rings is 2. The van der Waals surface area contributed by atoms with Gasteiger partial charge in [0.2, 0.25) is 23.8 Å². The number of ether oxygens (including phenoxy) is 6. The molecule has 3 saturated heterocycles. The lowest BCUT2D eigenvalue weighted by molar-refractivity contribution is -0.323. The van der Waals surface area contributed by atoms with Crippen LogP contribution in [0, 0.1) is 0 Å². The molecule has 21 heteroatoms. The SMILES string of the molecule is O=c1c(O[C@H]2O[C@H](CO)[C@@H](O)[C@H](O)[C@H]2O)c(-c2ccc(O)cc2)oc2cc(O[C@H]3O[C@H](CO[C@H]4O[C@H](CO)[C@@H](O)[C@H](O)[C@H]4O)[C@@H](O)[C@H](O)[C@H]3O)cc(O)c12. The molecule has 6 rings (SSSR count). The van der Waals surface area contributed by atoms with E-state index in [4.69, 9.17) is 32.8 Å². The summed E-state index contributed by atoms with van der Waals surface area (Å²) >= 11 is 0. The Hall–Kier alpha value is -3.75. The molecule has 21 nitrogen and oxygen atoms in total. The van der Waals surface area contributed by atoms with Gasteiger partial charge in [-0.1, -0.05) is 0 Å². The molecule has 1 aromatic heterocycles. The molecule has 0 unspecified atom stereocenters. The van der Waals surface area contributed by atoms with Gasteiger partial charge >= 0.3 is 0 Å². The normalized spacial score (nSPS) is 37.3. The zero-order valence-corrected chi connectivity index (χ0v) is 27.8. The summed E-state index contributed by atoms with van der Waals surface area (Å²) in [5.74, 6) is -2.27. The molecular formula is C33H40O21. The van der Waals surface area contributed by atoms with Crippen LogP contribution in [0.25, 0.3) is 22.3 Å². The standard InChI is InChI=1S/C33H40O21/c34-7-15-19(38)23(42)26(45)31(51-15)48-9-17-21(40)25(44)27(46)32(53-17)49-12-5-13(37)18-14(6-12)50-29(10-1-3-11(36)4-2-10)30(22(18)41)54-33-28(47)24(43)20(39)16(8-35)52-33/h1-6,15-17,19-21,23-28,31-40,42-47H,7-9H2/t15-,16-,17-,19-,20-,21-,23+,24+,25+,26-,27-,28-,31+,32+,33-/m1/s1. The van der Waals surface area contributed by atoms with Gasteiger partial charge in [0.25, 0.3) is 0 Å². The lowest BCUT2D eigenvalue weighted by Crippen LogP contribution is -2.62. The lowest BCUT2D eigenvalue weighted by atomic mass is 9.98. The summed E-state index contributed by atoms with van der Waals surface area (Å²) in [5, 5.41) is 133. The molecule has 13 N–H and O–H groups in total. The van der Waals surface area contributed by atoms with Gasteiger partial charge in [-0.3, -0.25) is 4.79 Å². The third-order valence-corrected chi connectivity index (χ3v) is 9.31. The van der Waals surface area contributed by atoms with Gasteiger partial charge in [0.1, 0.15) is 101 Å². The molecule has 0 saturated carbocycles. The maximum absolute atomic E-state index is 13.9. The van der Waals surface area contributed by atoms with Crippen molar-refractivity contribution in [3.8, 4) is 34.3 Å². The molecule has 0 bridgehead atoms. The fraction of sp³-hybridized carbons (Fsp3) is 0.545. The van der Waals surface area contributed by atoms with E-state index in [1.54, 1.807) is 0 Å². The molecule has 0 spiro atoms. The Morgan fingerprint density at radius 1 is 0.593 bits per heavy atom. The quantitative estimate of drug-likeness (QED) is 0.0918. The first-order chi connectivity index (χ1) is 25.6. The Morgan fingerprint density at radius 2 is 1.09 bits per heavy atom. The maximum Gasteiger partial charge on any atom is 0.239 e. The van der Waals surface area contributed by atoms with Gasteiger partial charge in [0.05, 0.1) is 19.8 Å². The summed E-state index contributed by atoms with van der Waals surface area (Å²) in [6, 6.07) is 7.13. The van der Waals surface area contributed by atoms with E-state index in [-0.39, 0.29) is 28.4 Å². The number of hydrogen-bond donors (Lipinski definition) is 13. The van der Waals surface area contributed by atoms with Crippen molar-refractivity contribution >= 4 is 11.0 Å². The van der Waals surface area contributed by atoms with Crippen LogP contribution in [-0.2, 0) is 18.9 Å². The van der Waals surface area contributed by atoms with Crippen molar-refractivity contribution < 1.29 is 99.2 Å². The predicted octanol–water partition coefficient (Wildman–Crippen LogP) is -4.95. The van der Waals surface area contributed by atoms with Crippen molar-refractivity contribution in [2.24, 2.45) is 0 Å². The van der Waals surface area contributed by atoms with E-state index in [0.717, 1.165) is 12.1 Å². The summed E-state index contributed by atoms with van der Waals surface area (Å²) in [7, 11) is 0. The van der Waals surface area contributed by atoms with Gasteiger partial charge in [-0.15, -0.1) is 0 Å². The van der Waals surface area contributed by atoms with Crippen LogP contribution < -0.4 is 14.9 Å². The third kappa shape index (κ3) is 7.58. The number of aliphatic hydroxyl groups is 11. The summed E-state index contributed by atoms with van der Waals surface area (Å²) in [5.41, 5.74) is -1.28. The van der Waals surface area contributed by atoms with E-state index in [1.807, 2.05) is 0 Å². The molecule has 2 aromatic carbocycles. The van der Waals surface area contributed by atoms with Crippen LogP contribution in [0.3, 0.4) is 0 Å². The average Bonchev–Trinajstić information content (AvgIpc) is 3.15. The van der Waals surface area contributed by atoms with E-state index in [2.05, 4.69) is 0 Å². The van der Waals surface area contributed by atoms with Gasteiger partial charge in [-0.25, -0.2) is 0 Å². The molecule has 0 radical (unpaired) electrons. The van der Waals surface area contributed by atoms with Crippen molar-refractivity contribution in [2.45, 2.75) is 92.1 Å². The number of aliphatic hydroxyl groups excluding tert-OH is 11. The van der Waals surface area contributed by atoms with Crippen molar-refractivity contribution in [3.05, 3.63) is 46.6 Å². The number of hydrogen-bond acceptors (Lipinski definition) is 21. The first-order valence-corrected chi connectivity index (χ1v) is 16.5. The van der Waals surface area contributed by atoms with Gasteiger partial charge in [0, 0.05) is 17.7 Å². The minimum atomic E-state index is -1.93. The van der Waals surface area contributed by atoms with Gasteiger partial charge in [0.15, 0.2) is 12.1 Å². The number of aromatic hydroxyl groups is 2. The fourth-order valence-electron chi connectivity index (χ4n) is 6.20. The van der Waals surface area contributed by atoms with E-state index < -0.39 is 134 Å². The van der Waals surface area contributed by atoms with Crippen LogP contribution in [-0.4, -0.2) is 178 Å². The second-order valence-corrected chi connectivity index (χ2v) is 12.9. The topological polar surface area (TPSA) is 349 Å². The first kappa shape index (κ1) is 39.9. The van der Waals surface area contributed by atoms with Gasteiger partial charge in [-0.05, 0) is 24.3 Å². The van der Waals surface area contributed by atoms with Crippen molar-refractivity contribution in [2.75, 3.05) is 19.8 Å². The number of phenolic OH excluding ortho intramolecular Hbond substituents is 2. The monoisotopic (exact) mass is 772 g/mol. The Morgan fingerprint density at radius 3 is 1.67 bits per heavy atom. The average molecular weight is 773 g/mol. The molecular weight excluding hydrogens is 732 g/mol. The van der Waals surface area contributed by atoms with Crippen LogP contribution in [0.4, 0.5) is 0 Å². The highest BCUT2D eigenvalue weighted by molar-refractivity contribution is 5.88. The minimum absolute atomic E-state index is 0.114. The van der Waals surface area contributed by atoms with Gasteiger partial charge in [-0.2, -0.15) is 0 Å². The van der Waals surface area contributed by atoms with Crippen LogP contribution in [0.5, 0.6) is 23.0 Å². The Labute approximate surface area is 303 Å². The van der Waals surface area contributed by atoms with Crippen LogP contribution in [0.2, 0.25) is 0 Å². The predicted molar refractivity (Wildman–Crippen MR) is 173 cm³/mol. The summed E-state index contributed by atoms with van der Waals surface area (Å²) < 4.78 is 39.0. The minimum Gasteiger partial charge on any atom is -0.508 e. The Balaban J connectivity index is 1.29. The van der Waals surface area contributed by atoms with E-state index in [0.29, 0.717) is 0 Å². The van der Waals surface area contributed by atoms with Crippen LogP contribution >= 0.6 is 0 Å². The number of rotatable bonds is 10. The van der Waals surface area contributed by atoms with Crippen LogP contribution in [0.1, 0.15) is 0 Å². The highest BCUT2D eigenvalue weighted by atomic mass is 16.7. The third-order valence-electron chi connectivity index (χ3n) is 9.31. The highest BCUT2D eigenvalue weighted by Gasteiger charge is 2.48. The second kappa shape index (κ2) is 16.2. The molecule has 0 amide bonds. The molecule has 3 fully saturated rings.